The van der Waals surface area contributed by atoms with Crippen LogP contribution < -0.4 is 10.5 Å². The molecule has 0 saturated carbocycles. The lowest BCUT2D eigenvalue weighted by atomic mass is 10.0. The highest BCUT2D eigenvalue weighted by atomic mass is 16.5. The van der Waals surface area contributed by atoms with Gasteiger partial charge in [-0.1, -0.05) is 18.2 Å². The number of aryl methyl sites for hydroxylation is 1. The number of hydrogen-bond acceptors (Lipinski definition) is 3. The quantitative estimate of drug-likeness (QED) is 0.896. The molecule has 0 amide bonds. The van der Waals surface area contributed by atoms with Crippen molar-refractivity contribution in [2.45, 2.75) is 19.4 Å². The largest absolute Gasteiger partial charge is 0.496 e. The van der Waals surface area contributed by atoms with Crippen molar-refractivity contribution in [1.82, 2.24) is 4.98 Å². The molecule has 0 fully saturated rings. The van der Waals surface area contributed by atoms with Crippen molar-refractivity contribution in [2.24, 2.45) is 5.73 Å². The van der Waals surface area contributed by atoms with E-state index in [0.29, 0.717) is 0 Å². The molecule has 1 aromatic carbocycles. The number of aromatic nitrogens is 1. The van der Waals surface area contributed by atoms with Gasteiger partial charge in [0, 0.05) is 24.4 Å². The molecular weight excluding hydrogens is 224 g/mol. The molecule has 3 heteroatoms. The Balaban J connectivity index is 2.16. The lowest BCUT2D eigenvalue weighted by molar-refractivity contribution is 0.410. The summed E-state index contributed by atoms with van der Waals surface area (Å²) < 4.78 is 5.31. The maximum Gasteiger partial charge on any atom is 0.122 e. The summed E-state index contributed by atoms with van der Waals surface area (Å²) in [5.41, 5.74) is 9.40. The van der Waals surface area contributed by atoms with Gasteiger partial charge in [0.1, 0.15) is 5.75 Å². The van der Waals surface area contributed by atoms with E-state index in [1.165, 1.54) is 0 Å². The first-order valence-electron chi connectivity index (χ1n) is 6.00. The van der Waals surface area contributed by atoms with Crippen LogP contribution in [0.3, 0.4) is 0 Å². The highest BCUT2D eigenvalue weighted by Crippen LogP contribution is 2.23. The predicted molar refractivity (Wildman–Crippen MR) is 72.6 cm³/mol. The summed E-state index contributed by atoms with van der Waals surface area (Å²) >= 11 is 0. The Hall–Kier alpha value is -1.87. The number of benzene rings is 1. The van der Waals surface area contributed by atoms with E-state index in [4.69, 9.17) is 10.5 Å². The number of ether oxygens (including phenoxy) is 1. The van der Waals surface area contributed by atoms with Crippen LogP contribution in [0.5, 0.6) is 5.75 Å². The number of nitrogens with two attached hydrogens (primary N) is 1. The Morgan fingerprint density at radius 2 is 2.11 bits per heavy atom. The van der Waals surface area contributed by atoms with Gasteiger partial charge in [0.15, 0.2) is 0 Å². The van der Waals surface area contributed by atoms with E-state index in [0.717, 1.165) is 29.0 Å². The standard InChI is InChI=1S/C15H18N2O/c1-11-6-7-12(9-15(11)18-2)14(16)10-13-5-3-4-8-17-13/h3-9,14H,10,16H2,1-2H3. The van der Waals surface area contributed by atoms with Crippen LogP contribution in [-0.4, -0.2) is 12.1 Å². The molecule has 0 saturated heterocycles. The maximum absolute atomic E-state index is 6.21. The minimum absolute atomic E-state index is 0.0607. The second-order valence-corrected chi connectivity index (χ2v) is 4.36. The van der Waals surface area contributed by atoms with E-state index < -0.39 is 0 Å². The second kappa shape index (κ2) is 5.65. The first-order valence-corrected chi connectivity index (χ1v) is 6.00. The number of nitrogens with zero attached hydrogens (tertiary/aromatic N) is 1. The molecule has 0 bridgehead atoms. The minimum atomic E-state index is -0.0607. The molecule has 1 aromatic heterocycles. The summed E-state index contributed by atoms with van der Waals surface area (Å²) in [5, 5.41) is 0. The Labute approximate surface area is 108 Å². The normalized spacial score (nSPS) is 12.2. The topological polar surface area (TPSA) is 48.1 Å². The van der Waals surface area contributed by atoms with Gasteiger partial charge >= 0.3 is 0 Å². The van der Waals surface area contributed by atoms with Crippen molar-refractivity contribution in [3.8, 4) is 5.75 Å². The van der Waals surface area contributed by atoms with E-state index >= 15 is 0 Å². The van der Waals surface area contributed by atoms with Crippen molar-refractivity contribution in [2.75, 3.05) is 7.11 Å². The molecule has 18 heavy (non-hydrogen) atoms. The summed E-state index contributed by atoms with van der Waals surface area (Å²) in [7, 11) is 1.68. The van der Waals surface area contributed by atoms with Crippen LogP contribution in [0.25, 0.3) is 0 Å². The fourth-order valence-electron chi connectivity index (χ4n) is 1.93. The van der Waals surface area contributed by atoms with Crippen LogP contribution in [0.15, 0.2) is 42.6 Å². The van der Waals surface area contributed by atoms with Gasteiger partial charge in [0.05, 0.1) is 7.11 Å². The van der Waals surface area contributed by atoms with Crippen LogP contribution >= 0.6 is 0 Å². The van der Waals surface area contributed by atoms with Crippen molar-refractivity contribution in [1.29, 1.82) is 0 Å². The van der Waals surface area contributed by atoms with E-state index in [9.17, 15) is 0 Å². The van der Waals surface area contributed by atoms with Crippen LogP contribution in [0.1, 0.15) is 22.9 Å². The molecule has 0 aliphatic rings. The van der Waals surface area contributed by atoms with Gasteiger partial charge in [-0.15, -0.1) is 0 Å². The van der Waals surface area contributed by atoms with Gasteiger partial charge in [-0.3, -0.25) is 4.98 Å². The molecule has 2 rings (SSSR count). The Morgan fingerprint density at radius 1 is 1.28 bits per heavy atom. The third-order valence-corrected chi connectivity index (χ3v) is 3.02. The monoisotopic (exact) mass is 242 g/mol. The minimum Gasteiger partial charge on any atom is -0.496 e. The number of rotatable bonds is 4. The third-order valence-electron chi connectivity index (χ3n) is 3.02. The van der Waals surface area contributed by atoms with Crippen LogP contribution in [0, 0.1) is 6.92 Å². The lowest BCUT2D eigenvalue weighted by Gasteiger charge is -2.14. The van der Waals surface area contributed by atoms with Gasteiger partial charge in [-0.25, -0.2) is 0 Å². The van der Waals surface area contributed by atoms with Gasteiger partial charge in [0.2, 0.25) is 0 Å². The van der Waals surface area contributed by atoms with E-state index in [-0.39, 0.29) is 6.04 Å². The maximum atomic E-state index is 6.21. The summed E-state index contributed by atoms with van der Waals surface area (Å²) in [6.45, 7) is 2.02. The van der Waals surface area contributed by atoms with Crippen molar-refractivity contribution < 1.29 is 4.74 Å². The van der Waals surface area contributed by atoms with Gasteiger partial charge in [0.25, 0.3) is 0 Å². The average molecular weight is 242 g/mol. The van der Waals surface area contributed by atoms with E-state index in [1.54, 1.807) is 13.3 Å². The van der Waals surface area contributed by atoms with Gasteiger partial charge in [-0.05, 0) is 36.2 Å². The first kappa shape index (κ1) is 12.6. The molecule has 3 nitrogen and oxygen atoms in total. The highest BCUT2D eigenvalue weighted by Gasteiger charge is 2.09. The fraction of sp³-hybridized carbons (Fsp3) is 0.267. The molecule has 1 heterocycles. The van der Waals surface area contributed by atoms with Gasteiger partial charge < -0.3 is 10.5 Å². The summed E-state index contributed by atoms with van der Waals surface area (Å²) in [5.74, 6) is 0.879. The predicted octanol–water partition coefficient (Wildman–Crippen LogP) is 2.64. The molecule has 2 aromatic rings. The highest BCUT2D eigenvalue weighted by molar-refractivity contribution is 5.38. The molecule has 0 spiro atoms. The Bertz CT molecular complexity index is 511. The van der Waals surface area contributed by atoms with Crippen LogP contribution in [0.4, 0.5) is 0 Å². The molecule has 94 valence electrons. The first-order chi connectivity index (χ1) is 8.70. The second-order valence-electron chi connectivity index (χ2n) is 4.36. The lowest BCUT2D eigenvalue weighted by Crippen LogP contribution is -2.14. The number of methoxy groups -OCH3 is 1. The van der Waals surface area contributed by atoms with Crippen LogP contribution in [-0.2, 0) is 6.42 Å². The van der Waals surface area contributed by atoms with Crippen molar-refractivity contribution >= 4 is 0 Å². The fourth-order valence-corrected chi connectivity index (χ4v) is 1.93. The number of pyridine rings is 1. The molecule has 2 N–H and O–H groups in total. The molecule has 1 atom stereocenters. The Morgan fingerprint density at radius 3 is 2.78 bits per heavy atom. The summed E-state index contributed by atoms with van der Waals surface area (Å²) in [6, 6.07) is 11.9. The summed E-state index contributed by atoms with van der Waals surface area (Å²) in [6.07, 6.45) is 2.52. The molecule has 0 radical (unpaired) electrons. The zero-order valence-corrected chi connectivity index (χ0v) is 10.8. The van der Waals surface area contributed by atoms with Gasteiger partial charge in [-0.2, -0.15) is 0 Å². The smallest absolute Gasteiger partial charge is 0.122 e. The van der Waals surface area contributed by atoms with E-state index in [1.807, 2.05) is 43.3 Å². The molecule has 1 unspecified atom stereocenters. The Kier molecular flexibility index (Phi) is 3.95. The third kappa shape index (κ3) is 2.87. The van der Waals surface area contributed by atoms with Crippen LogP contribution in [0.2, 0.25) is 0 Å². The zero-order chi connectivity index (χ0) is 13.0. The zero-order valence-electron chi connectivity index (χ0n) is 10.8. The molecule has 0 aliphatic carbocycles. The molecule has 0 aliphatic heterocycles. The van der Waals surface area contributed by atoms with Crippen molar-refractivity contribution in [3.63, 3.8) is 0 Å². The molecular formula is C15H18N2O. The summed E-state index contributed by atoms with van der Waals surface area (Å²) in [4.78, 5) is 4.29. The number of hydrogen-bond donors (Lipinski definition) is 1. The average Bonchev–Trinajstić information content (AvgIpc) is 2.40. The SMILES string of the molecule is COc1cc(C(N)Cc2ccccn2)ccc1C. The van der Waals surface area contributed by atoms with E-state index in [2.05, 4.69) is 4.98 Å². The van der Waals surface area contributed by atoms with Crippen molar-refractivity contribution in [3.05, 3.63) is 59.4 Å².